The first-order valence-electron chi connectivity index (χ1n) is 4.63. The summed E-state index contributed by atoms with van der Waals surface area (Å²) in [7, 11) is 0. The highest BCUT2D eigenvalue weighted by molar-refractivity contribution is 4.97. The third-order valence-corrected chi connectivity index (χ3v) is 2.45. The summed E-state index contributed by atoms with van der Waals surface area (Å²) in [4.78, 5) is 0. The summed E-state index contributed by atoms with van der Waals surface area (Å²) >= 11 is 0. The minimum Gasteiger partial charge on any atom is -0.396 e. The summed E-state index contributed by atoms with van der Waals surface area (Å²) in [5, 5.41) is 12.3. The third-order valence-electron chi connectivity index (χ3n) is 2.45. The predicted molar refractivity (Wildman–Crippen MR) is 51.1 cm³/mol. The number of nitrogens with one attached hydrogen (secondary N) is 1. The van der Waals surface area contributed by atoms with Crippen LogP contribution in [0.2, 0.25) is 0 Å². The molecular weight excluding hydrogens is 150 g/mol. The average Bonchev–Trinajstić information content (AvgIpc) is 2.79. The molecular formula is C10H19NO. The lowest BCUT2D eigenvalue weighted by Gasteiger charge is -2.11. The van der Waals surface area contributed by atoms with Crippen molar-refractivity contribution >= 4 is 0 Å². The Morgan fingerprint density at radius 3 is 2.58 bits per heavy atom. The molecule has 1 fully saturated rings. The van der Waals surface area contributed by atoms with Gasteiger partial charge >= 0.3 is 0 Å². The van der Waals surface area contributed by atoms with Gasteiger partial charge in [0.2, 0.25) is 0 Å². The summed E-state index contributed by atoms with van der Waals surface area (Å²) in [5.74, 6) is 0. The fourth-order valence-electron chi connectivity index (χ4n) is 1.18. The molecule has 1 rings (SSSR count). The Morgan fingerprint density at radius 2 is 2.17 bits per heavy atom. The van der Waals surface area contributed by atoms with Crippen molar-refractivity contribution in [1.29, 1.82) is 0 Å². The Morgan fingerprint density at radius 1 is 1.50 bits per heavy atom. The van der Waals surface area contributed by atoms with Gasteiger partial charge in [-0.15, -0.1) is 0 Å². The molecule has 70 valence electrons. The van der Waals surface area contributed by atoms with Gasteiger partial charge in [-0.3, -0.25) is 0 Å². The van der Waals surface area contributed by atoms with Crippen molar-refractivity contribution in [2.45, 2.75) is 26.7 Å². The Balaban J connectivity index is 2.07. The van der Waals surface area contributed by atoms with Crippen molar-refractivity contribution in [2.24, 2.45) is 5.41 Å². The molecule has 0 heterocycles. The zero-order valence-corrected chi connectivity index (χ0v) is 8.06. The Bertz CT molecular complexity index is 167. The molecule has 2 N–H and O–H groups in total. The van der Waals surface area contributed by atoms with E-state index in [1.807, 2.05) is 0 Å². The van der Waals surface area contributed by atoms with Gasteiger partial charge in [0, 0.05) is 25.1 Å². The van der Waals surface area contributed by atoms with E-state index in [9.17, 15) is 0 Å². The van der Waals surface area contributed by atoms with E-state index in [-0.39, 0.29) is 5.41 Å². The lowest BCUT2D eigenvalue weighted by atomic mass is 10.1. The summed E-state index contributed by atoms with van der Waals surface area (Å²) in [6.07, 6.45) is 4.55. The van der Waals surface area contributed by atoms with Crippen LogP contribution in [0.25, 0.3) is 0 Å². The van der Waals surface area contributed by atoms with E-state index in [2.05, 4.69) is 25.2 Å². The standard InChI is InChI=1S/C10H19NO/c1-9(2)3-6-11-7-10(8-12)4-5-10/h3,11-12H,4-8H2,1-2H3. The number of hydrogen-bond donors (Lipinski definition) is 2. The number of rotatable bonds is 5. The maximum Gasteiger partial charge on any atom is 0.0499 e. The van der Waals surface area contributed by atoms with E-state index >= 15 is 0 Å². The van der Waals surface area contributed by atoms with Crippen LogP contribution in [0.4, 0.5) is 0 Å². The summed E-state index contributed by atoms with van der Waals surface area (Å²) in [6, 6.07) is 0. The molecule has 0 aromatic carbocycles. The topological polar surface area (TPSA) is 32.3 Å². The van der Waals surface area contributed by atoms with Gasteiger partial charge in [0.25, 0.3) is 0 Å². The zero-order valence-electron chi connectivity index (χ0n) is 8.06. The van der Waals surface area contributed by atoms with Crippen molar-refractivity contribution in [3.63, 3.8) is 0 Å². The Labute approximate surface area is 74.7 Å². The van der Waals surface area contributed by atoms with E-state index in [0.717, 1.165) is 13.1 Å². The molecule has 1 saturated carbocycles. The summed E-state index contributed by atoms with van der Waals surface area (Å²) in [6.45, 7) is 6.44. The highest BCUT2D eigenvalue weighted by Crippen LogP contribution is 2.44. The maximum atomic E-state index is 9.01. The van der Waals surface area contributed by atoms with Crippen molar-refractivity contribution in [3.8, 4) is 0 Å². The third kappa shape index (κ3) is 2.95. The molecule has 0 bridgehead atoms. The van der Waals surface area contributed by atoms with E-state index in [1.54, 1.807) is 0 Å². The highest BCUT2D eigenvalue weighted by Gasteiger charge is 2.41. The maximum absolute atomic E-state index is 9.01. The minimum atomic E-state index is 0.246. The Kier molecular flexibility index (Phi) is 3.29. The number of hydrogen-bond acceptors (Lipinski definition) is 2. The monoisotopic (exact) mass is 169 g/mol. The van der Waals surface area contributed by atoms with Crippen LogP contribution in [0, 0.1) is 5.41 Å². The molecule has 0 unspecified atom stereocenters. The molecule has 0 aliphatic heterocycles. The van der Waals surface area contributed by atoms with Crippen LogP contribution < -0.4 is 5.32 Å². The molecule has 0 aromatic heterocycles. The second kappa shape index (κ2) is 4.06. The van der Waals surface area contributed by atoms with Crippen molar-refractivity contribution in [3.05, 3.63) is 11.6 Å². The molecule has 0 radical (unpaired) electrons. The summed E-state index contributed by atoms with van der Waals surface area (Å²) in [5.41, 5.74) is 1.59. The second-order valence-electron chi connectivity index (χ2n) is 4.07. The van der Waals surface area contributed by atoms with E-state index in [4.69, 9.17) is 5.11 Å². The smallest absolute Gasteiger partial charge is 0.0499 e. The fraction of sp³-hybridized carbons (Fsp3) is 0.800. The van der Waals surface area contributed by atoms with Crippen LogP contribution in [0.15, 0.2) is 11.6 Å². The molecule has 12 heavy (non-hydrogen) atoms. The molecule has 0 aromatic rings. The SMILES string of the molecule is CC(C)=CCNCC1(CO)CC1. The van der Waals surface area contributed by atoms with Gasteiger partial charge in [-0.25, -0.2) is 0 Å². The first kappa shape index (κ1) is 9.75. The molecule has 2 nitrogen and oxygen atoms in total. The molecule has 2 heteroatoms. The predicted octanol–water partition coefficient (Wildman–Crippen LogP) is 1.31. The first-order chi connectivity index (χ1) is 5.68. The minimum absolute atomic E-state index is 0.246. The second-order valence-corrected chi connectivity index (χ2v) is 4.07. The number of aliphatic hydroxyl groups excluding tert-OH is 1. The molecule has 0 saturated heterocycles. The Hall–Kier alpha value is -0.340. The normalized spacial score (nSPS) is 18.9. The number of allylic oxidation sites excluding steroid dienone is 1. The summed E-state index contributed by atoms with van der Waals surface area (Å²) < 4.78 is 0. The number of aliphatic hydroxyl groups is 1. The van der Waals surface area contributed by atoms with E-state index in [0.29, 0.717) is 6.61 Å². The van der Waals surface area contributed by atoms with Gasteiger partial charge in [-0.1, -0.05) is 11.6 Å². The van der Waals surface area contributed by atoms with Crippen LogP contribution in [0.3, 0.4) is 0 Å². The van der Waals surface area contributed by atoms with Crippen molar-refractivity contribution in [2.75, 3.05) is 19.7 Å². The van der Waals surface area contributed by atoms with Gasteiger partial charge in [-0.2, -0.15) is 0 Å². The van der Waals surface area contributed by atoms with Crippen molar-refractivity contribution < 1.29 is 5.11 Å². The van der Waals surface area contributed by atoms with E-state index < -0.39 is 0 Å². The molecule has 1 aliphatic carbocycles. The largest absolute Gasteiger partial charge is 0.396 e. The molecule has 1 aliphatic rings. The lowest BCUT2D eigenvalue weighted by molar-refractivity contribution is 0.209. The van der Waals surface area contributed by atoms with E-state index in [1.165, 1.54) is 18.4 Å². The highest BCUT2D eigenvalue weighted by atomic mass is 16.3. The van der Waals surface area contributed by atoms with Gasteiger partial charge in [0.05, 0.1) is 0 Å². The molecule has 0 amide bonds. The van der Waals surface area contributed by atoms with Gasteiger partial charge in [0.1, 0.15) is 0 Å². The van der Waals surface area contributed by atoms with Crippen LogP contribution in [0.1, 0.15) is 26.7 Å². The van der Waals surface area contributed by atoms with Crippen molar-refractivity contribution in [1.82, 2.24) is 5.32 Å². The van der Waals surface area contributed by atoms with Gasteiger partial charge < -0.3 is 10.4 Å². The molecule has 0 spiro atoms. The van der Waals surface area contributed by atoms with Crippen LogP contribution in [0.5, 0.6) is 0 Å². The quantitative estimate of drug-likeness (QED) is 0.480. The average molecular weight is 169 g/mol. The zero-order chi connectivity index (χ0) is 9.03. The fourth-order valence-corrected chi connectivity index (χ4v) is 1.18. The van der Waals surface area contributed by atoms with Crippen LogP contribution >= 0.6 is 0 Å². The van der Waals surface area contributed by atoms with Crippen LogP contribution in [-0.2, 0) is 0 Å². The lowest BCUT2D eigenvalue weighted by Crippen LogP contribution is -2.26. The van der Waals surface area contributed by atoms with Gasteiger partial charge in [0.15, 0.2) is 0 Å². The first-order valence-corrected chi connectivity index (χ1v) is 4.63. The molecule has 0 atom stereocenters. The van der Waals surface area contributed by atoms with Gasteiger partial charge in [-0.05, 0) is 26.7 Å². The van der Waals surface area contributed by atoms with Crippen LogP contribution in [-0.4, -0.2) is 24.8 Å².